The molecule has 0 fully saturated rings. The van der Waals surface area contributed by atoms with Crippen molar-refractivity contribution in [1.29, 1.82) is 0 Å². The van der Waals surface area contributed by atoms with Crippen LogP contribution in [-0.2, 0) is 52.8 Å². The average Bonchev–Trinajstić information content (AvgIpc) is 3.25. The molecule has 0 heterocycles. The van der Waals surface area contributed by atoms with E-state index in [-0.39, 0.29) is 17.3 Å². The predicted molar refractivity (Wildman–Crippen MR) is 226 cm³/mol. The van der Waals surface area contributed by atoms with E-state index in [9.17, 15) is 14.4 Å². The fourth-order valence-electron chi connectivity index (χ4n) is 4.65. The summed E-state index contributed by atoms with van der Waals surface area (Å²) in [6.45, 7) is 0. The molecule has 0 N–H and O–H groups in total. The fraction of sp³-hybridized carbons (Fsp3) is 0. The van der Waals surface area contributed by atoms with Gasteiger partial charge >= 0.3 is 141 Å². The van der Waals surface area contributed by atoms with Crippen molar-refractivity contribution in [3.05, 3.63) is 244 Å². The minimum absolute atomic E-state index is 0.0114. The Labute approximate surface area is 352 Å². The van der Waals surface area contributed by atoms with E-state index in [1.54, 1.807) is 30.4 Å². The van der Waals surface area contributed by atoms with E-state index < -0.39 is 0 Å². The second-order valence-electron chi connectivity index (χ2n) is 11.9. The number of carbonyl (C=O) groups excluding carboxylic acids is 3. The van der Waals surface area contributed by atoms with Gasteiger partial charge in [-0.3, -0.25) is 9.59 Å². The van der Waals surface area contributed by atoms with Crippen molar-refractivity contribution >= 4 is 57.8 Å². The summed E-state index contributed by atoms with van der Waals surface area (Å²) < 4.78 is 1.63. The van der Waals surface area contributed by atoms with Crippen LogP contribution < -0.4 is 4.04 Å². The molecule has 282 valence electrons. The molecule has 0 aliphatic carbocycles. The Kier molecular flexibility index (Phi) is 19.3. The van der Waals surface area contributed by atoms with Gasteiger partial charge in [0, 0.05) is 0 Å². The molecule has 0 unspecified atom stereocenters. The molecule has 0 atom stereocenters. The SMILES string of the molecule is O=C(C=Cc1ccccc1)C=Cc1ccccc1.O=C(C=Cc1ccccc1)C=Cc1ccccc1.O=C(C=Cc1ccccc1)[C]([Pd])=Cc1cc[c]([Pd])cc1. The number of benzene rings is 6. The first-order valence-corrected chi connectivity index (χ1v) is 19.2. The summed E-state index contributed by atoms with van der Waals surface area (Å²) in [5.41, 5.74) is 6.11. The van der Waals surface area contributed by atoms with Crippen molar-refractivity contribution in [3.8, 4) is 0 Å². The standard InChI is InChI=1S/2C17H14O.C17H12O.2Pd/c3*18-17(13-11-15-7-3-1-4-8-15)14-12-16-9-5-2-6-10-16;;/h2*1-14H;1,3-13H;;. The summed E-state index contributed by atoms with van der Waals surface area (Å²) in [6, 6.07) is 56.7. The van der Waals surface area contributed by atoms with Crippen LogP contribution in [0.5, 0.6) is 0 Å². The third kappa shape index (κ3) is 17.9. The molecule has 3 nitrogen and oxygen atoms in total. The normalized spacial score (nSPS) is 11.4. The molecule has 6 rings (SSSR count). The van der Waals surface area contributed by atoms with Gasteiger partial charge in [0.05, 0.1) is 0 Å². The molecule has 0 radical (unpaired) electrons. The molecule has 56 heavy (non-hydrogen) atoms. The molecule has 0 aliphatic rings. The molecule has 6 aromatic carbocycles. The number of allylic oxidation sites excluding steroid dienone is 6. The second kappa shape index (κ2) is 25.2. The van der Waals surface area contributed by atoms with Crippen molar-refractivity contribution in [2.24, 2.45) is 0 Å². The van der Waals surface area contributed by atoms with E-state index in [0.717, 1.165) is 37.4 Å². The van der Waals surface area contributed by atoms with Crippen molar-refractivity contribution in [2.45, 2.75) is 0 Å². The summed E-state index contributed by atoms with van der Waals surface area (Å²) in [7, 11) is 0. The summed E-state index contributed by atoms with van der Waals surface area (Å²) in [5.74, 6) is -0.0623. The van der Waals surface area contributed by atoms with Gasteiger partial charge in [0.2, 0.25) is 0 Å². The monoisotopic (exact) mass is 912 g/mol. The number of rotatable bonds is 12. The van der Waals surface area contributed by atoms with Gasteiger partial charge in [0.15, 0.2) is 11.6 Å². The van der Waals surface area contributed by atoms with Gasteiger partial charge < -0.3 is 0 Å². The third-order valence-electron chi connectivity index (χ3n) is 7.54. The molecule has 0 bridgehead atoms. The van der Waals surface area contributed by atoms with Crippen molar-refractivity contribution in [3.63, 3.8) is 0 Å². The van der Waals surface area contributed by atoms with Crippen molar-refractivity contribution in [2.75, 3.05) is 0 Å². The fourth-order valence-corrected chi connectivity index (χ4v) is 5.30. The number of hydrogen-bond donors (Lipinski definition) is 0. The molecule has 0 aromatic heterocycles. The van der Waals surface area contributed by atoms with E-state index in [0.29, 0.717) is 4.05 Å². The Morgan fingerprint density at radius 1 is 0.339 bits per heavy atom. The molecule has 0 saturated carbocycles. The molecule has 0 amide bonds. The average molecular weight is 914 g/mol. The molecular weight excluding hydrogens is 873 g/mol. The summed E-state index contributed by atoms with van der Waals surface area (Å²) >= 11 is 6.14. The van der Waals surface area contributed by atoms with Crippen LogP contribution in [0.25, 0.3) is 36.5 Å². The van der Waals surface area contributed by atoms with Gasteiger partial charge in [-0.25, -0.2) is 0 Å². The zero-order valence-corrected chi connectivity index (χ0v) is 33.6. The second-order valence-corrected chi connectivity index (χ2v) is 13.6. The Morgan fingerprint density at radius 2 is 0.607 bits per heavy atom. The molecular formula is C51H40O3Pd2. The van der Waals surface area contributed by atoms with E-state index in [2.05, 4.69) is 38.4 Å². The van der Waals surface area contributed by atoms with E-state index >= 15 is 0 Å². The molecule has 0 spiro atoms. The first kappa shape index (κ1) is 42.8. The van der Waals surface area contributed by atoms with Crippen molar-refractivity contribution in [1.82, 2.24) is 0 Å². The minimum atomic E-state index is -0.0395. The Hall–Kier alpha value is -5.91. The van der Waals surface area contributed by atoms with E-state index in [4.69, 9.17) is 0 Å². The Morgan fingerprint density at radius 3 is 0.893 bits per heavy atom. The zero-order valence-electron chi connectivity index (χ0n) is 30.5. The third-order valence-corrected chi connectivity index (χ3v) is 8.66. The van der Waals surface area contributed by atoms with Gasteiger partial charge in [-0.2, -0.15) is 0 Å². The maximum absolute atomic E-state index is 12.0. The van der Waals surface area contributed by atoms with Crippen LogP contribution in [0.3, 0.4) is 0 Å². The van der Waals surface area contributed by atoms with E-state index in [1.165, 1.54) is 0 Å². The summed E-state index contributed by atoms with van der Waals surface area (Å²) in [4.78, 5) is 35.2. The number of hydrogen-bond acceptors (Lipinski definition) is 3. The topological polar surface area (TPSA) is 51.2 Å². The van der Waals surface area contributed by atoms with Crippen LogP contribution in [0.15, 0.2) is 210 Å². The Bertz CT molecular complexity index is 2060. The van der Waals surface area contributed by atoms with Crippen LogP contribution in [0.4, 0.5) is 0 Å². The van der Waals surface area contributed by atoms with Gasteiger partial charge in [-0.05, 0) is 46.6 Å². The van der Waals surface area contributed by atoms with Gasteiger partial charge in [-0.15, -0.1) is 0 Å². The van der Waals surface area contributed by atoms with Crippen molar-refractivity contribution < 1.29 is 52.8 Å². The van der Waals surface area contributed by atoms with Crippen LogP contribution in [0, 0.1) is 0 Å². The Balaban J connectivity index is 0.000000187. The first-order valence-electron chi connectivity index (χ1n) is 17.7. The summed E-state index contributed by atoms with van der Waals surface area (Å²) in [5, 5.41) is 0. The molecule has 0 saturated heterocycles. The van der Waals surface area contributed by atoms with Gasteiger partial charge in [0.1, 0.15) is 0 Å². The van der Waals surface area contributed by atoms with Gasteiger partial charge in [-0.1, -0.05) is 146 Å². The number of carbonyl (C=O) groups is 3. The summed E-state index contributed by atoms with van der Waals surface area (Å²) in [6.07, 6.45) is 18.8. The van der Waals surface area contributed by atoms with Crippen LogP contribution in [-0.4, -0.2) is 17.3 Å². The van der Waals surface area contributed by atoms with Crippen LogP contribution >= 0.6 is 0 Å². The molecule has 6 aromatic rings. The van der Waals surface area contributed by atoms with Crippen LogP contribution in [0.1, 0.15) is 33.4 Å². The first-order chi connectivity index (χ1) is 27.3. The zero-order chi connectivity index (χ0) is 39.6. The molecule has 5 heteroatoms. The quantitative estimate of drug-likeness (QED) is 0.0908. The predicted octanol–water partition coefficient (Wildman–Crippen LogP) is 11.0. The van der Waals surface area contributed by atoms with E-state index in [1.807, 2.05) is 212 Å². The molecule has 0 aliphatic heterocycles. The number of ketones is 3. The van der Waals surface area contributed by atoms with Gasteiger partial charge in [0.25, 0.3) is 0 Å². The maximum atomic E-state index is 12.0. The van der Waals surface area contributed by atoms with Crippen LogP contribution in [0.2, 0.25) is 0 Å².